The molecule has 0 unspecified atom stereocenters. The molecule has 3 nitrogen and oxygen atoms in total. The highest BCUT2D eigenvalue weighted by Crippen LogP contribution is 2.35. The maximum absolute atomic E-state index is 10.6. The third-order valence-electron chi connectivity index (χ3n) is 2.41. The number of rotatable bonds is 7. The normalized spacial score (nSPS) is 10.9. The van der Waals surface area contributed by atoms with Crippen LogP contribution in [0.1, 0.15) is 25.3 Å². The molecule has 0 aliphatic carbocycles. The summed E-state index contributed by atoms with van der Waals surface area (Å²) in [4.78, 5) is 10.6. The lowest BCUT2D eigenvalue weighted by molar-refractivity contribution is -0.136. The fourth-order valence-electron chi connectivity index (χ4n) is 1.51. The van der Waals surface area contributed by atoms with E-state index in [0.29, 0.717) is 13.0 Å². The lowest BCUT2D eigenvalue weighted by atomic mass is 10.1. The van der Waals surface area contributed by atoms with Gasteiger partial charge in [-0.05, 0) is 62.4 Å². The second-order valence-electron chi connectivity index (χ2n) is 3.97. The minimum absolute atomic E-state index is 0.123. The molecule has 0 fully saturated rings. The number of benzene rings is 1. The number of aliphatic carboxylic acids is 1. The second-order valence-corrected chi connectivity index (χ2v) is 5.68. The molecular formula is C14H16Br2O3. The molecule has 0 spiro atoms. The molecule has 0 bridgehead atoms. The van der Waals surface area contributed by atoms with Gasteiger partial charge in [0.05, 0.1) is 8.95 Å². The first-order valence-corrected chi connectivity index (χ1v) is 7.60. The number of hydrogen-bond acceptors (Lipinski definition) is 2. The van der Waals surface area contributed by atoms with Gasteiger partial charge in [0.15, 0.2) is 0 Å². The van der Waals surface area contributed by atoms with Gasteiger partial charge in [-0.15, -0.1) is 0 Å². The summed E-state index contributed by atoms with van der Waals surface area (Å²) >= 11 is 6.90. The Hall–Kier alpha value is -0.810. The van der Waals surface area contributed by atoms with Gasteiger partial charge in [-0.3, -0.25) is 4.79 Å². The predicted molar refractivity (Wildman–Crippen MR) is 82.7 cm³/mol. The molecule has 0 aliphatic rings. The van der Waals surface area contributed by atoms with E-state index in [1.54, 1.807) is 0 Å². The summed E-state index contributed by atoms with van der Waals surface area (Å²) in [5.74, 6) is -0.0582. The Morgan fingerprint density at radius 1 is 1.32 bits per heavy atom. The number of halogens is 2. The van der Waals surface area contributed by atoms with Gasteiger partial charge in [0.25, 0.3) is 0 Å². The molecule has 0 aliphatic heterocycles. The minimum Gasteiger partial charge on any atom is -0.487 e. The molecule has 0 saturated heterocycles. The fraction of sp³-hybridized carbons (Fsp3) is 0.357. The number of carboxylic acid groups (broad SMARTS) is 1. The first kappa shape index (κ1) is 16.2. The van der Waals surface area contributed by atoms with Crippen molar-refractivity contribution in [2.45, 2.75) is 26.2 Å². The van der Waals surface area contributed by atoms with Gasteiger partial charge in [-0.25, -0.2) is 0 Å². The number of carboxylic acids is 1. The smallest absolute Gasteiger partial charge is 0.303 e. The number of ether oxygens (including phenoxy) is 1. The SMILES string of the molecule is CCC=CCOc1c(Br)cc(CCC(=O)O)cc1Br. The van der Waals surface area contributed by atoms with Crippen LogP contribution in [0.4, 0.5) is 0 Å². The minimum atomic E-state index is -0.794. The van der Waals surface area contributed by atoms with E-state index >= 15 is 0 Å². The molecule has 1 N–H and O–H groups in total. The summed E-state index contributed by atoms with van der Waals surface area (Å²) in [6.45, 7) is 2.58. The van der Waals surface area contributed by atoms with Crippen LogP contribution in [0.25, 0.3) is 0 Å². The molecule has 0 atom stereocenters. The van der Waals surface area contributed by atoms with E-state index in [0.717, 1.165) is 26.7 Å². The van der Waals surface area contributed by atoms with Crippen LogP contribution in [0.3, 0.4) is 0 Å². The van der Waals surface area contributed by atoms with Crippen LogP contribution in [-0.4, -0.2) is 17.7 Å². The molecule has 0 heterocycles. The molecular weight excluding hydrogens is 376 g/mol. The topological polar surface area (TPSA) is 46.5 Å². The van der Waals surface area contributed by atoms with E-state index < -0.39 is 5.97 Å². The summed E-state index contributed by atoms with van der Waals surface area (Å²) in [6.07, 6.45) is 5.63. The standard InChI is InChI=1S/C14H16Br2O3/c1-2-3-4-7-19-14-11(15)8-10(9-12(14)16)5-6-13(17)18/h3-4,8-9H,2,5-7H2,1H3,(H,17,18). The van der Waals surface area contributed by atoms with Crippen molar-refractivity contribution in [3.05, 3.63) is 38.8 Å². The van der Waals surface area contributed by atoms with Gasteiger partial charge in [0, 0.05) is 6.42 Å². The Bertz CT molecular complexity index is 447. The molecule has 5 heteroatoms. The number of aryl methyl sites for hydroxylation is 1. The van der Waals surface area contributed by atoms with Crippen molar-refractivity contribution < 1.29 is 14.6 Å². The van der Waals surface area contributed by atoms with Gasteiger partial charge in [-0.1, -0.05) is 19.1 Å². The van der Waals surface area contributed by atoms with Crippen molar-refractivity contribution in [3.8, 4) is 5.75 Å². The van der Waals surface area contributed by atoms with E-state index in [9.17, 15) is 4.79 Å². The zero-order chi connectivity index (χ0) is 14.3. The van der Waals surface area contributed by atoms with Crippen molar-refractivity contribution in [1.82, 2.24) is 0 Å². The zero-order valence-electron chi connectivity index (χ0n) is 10.7. The van der Waals surface area contributed by atoms with Gasteiger partial charge in [0.2, 0.25) is 0 Å². The van der Waals surface area contributed by atoms with Crippen LogP contribution in [-0.2, 0) is 11.2 Å². The molecule has 0 saturated carbocycles. The van der Waals surface area contributed by atoms with Crippen LogP contribution in [0.5, 0.6) is 5.75 Å². The van der Waals surface area contributed by atoms with E-state index in [1.807, 2.05) is 24.3 Å². The van der Waals surface area contributed by atoms with Crippen molar-refractivity contribution in [2.75, 3.05) is 6.61 Å². The quantitative estimate of drug-likeness (QED) is 0.692. The van der Waals surface area contributed by atoms with Crippen molar-refractivity contribution >= 4 is 37.8 Å². The third kappa shape index (κ3) is 5.78. The maximum atomic E-state index is 10.6. The Kier molecular flexibility index (Phi) is 7.16. The molecule has 1 aromatic carbocycles. The van der Waals surface area contributed by atoms with Crippen LogP contribution in [0, 0.1) is 0 Å². The highest BCUT2D eigenvalue weighted by Gasteiger charge is 2.09. The molecule has 1 rings (SSSR count). The lowest BCUT2D eigenvalue weighted by Crippen LogP contribution is -1.99. The number of allylic oxidation sites excluding steroid dienone is 1. The third-order valence-corrected chi connectivity index (χ3v) is 3.59. The van der Waals surface area contributed by atoms with Crippen LogP contribution < -0.4 is 4.74 Å². The molecule has 19 heavy (non-hydrogen) atoms. The van der Waals surface area contributed by atoms with Crippen LogP contribution >= 0.6 is 31.9 Å². The Morgan fingerprint density at radius 2 is 1.95 bits per heavy atom. The van der Waals surface area contributed by atoms with E-state index in [1.165, 1.54) is 0 Å². The van der Waals surface area contributed by atoms with Crippen molar-refractivity contribution in [2.24, 2.45) is 0 Å². The summed E-state index contributed by atoms with van der Waals surface area (Å²) in [6, 6.07) is 3.79. The van der Waals surface area contributed by atoms with Crippen LogP contribution in [0.2, 0.25) is 0 Å². The highest BCUT2D eigenvalue weighted by molar-refractivity contribution is 9.11. The first-order valence-electron chi connectivity index (χ1n) is 6.02. The Labute approximate surface area is 129 Å². The van der Waals surface area contributed by atoms with Crippen molar-refractivity contribution in [1.29, 1.82) is 0 Å². The molecule has 0 amide bonds. The molecule has 104 valence electrons. The average molecular weight is 392 g/mol. The zero-order valence-corrected chi connectivity index (χ0v) is 13.8. The number of hydrogen-bond donors (Lipinski definition) is 1. The average Bonchev–Trinajstić information content (AvgIpc) is 2.34. The second kappa shape index (κ2) is 8.38. The molecule has 0 aromatic heterocycles. The highest BCUT2D eigenvalue weighted by atomic mass is 79.9. The number of carbonyl (C=O) groups is 1. The Balaban J connectivity index is 2.73. The van der Waals surface area contributed by atoms with E-state index in [-0.39, 0.29) is 6.42 Å². The summed E-state index contributed by atoms with van der Waals surface area (Å²) in [5.41, 5.74) is 0.956. The predicted octanol–water partition coefficient (Wildman–Crippen LogP) is 4.57. The van der Waals surface area contributed by atoms with Gasteiger partial charge < -0.3 is 9.84 Å². The lowest BCUT2D eigenvalue weighted by Gasteiger charge is -2.10. The maximum Gasteiger partial charge on any atom is 0.303 e. The molecule has 0 radical (unpaired) electrons. The Morgan fingerprint density at radius 3 is 2.47 bits per heavy atom. The van der Waals surface area contributed by atoms with Gasteiger partial charge >= 0.3 is 5.97 Å². The van der Waals surface area contributed by atoms with E-state index in [2.05, 4.69) is 38.8 Å². The molecule has 1 aromatic rings. The van der Waals surface area contributed by atoms with Crippen LogP contribution in [0.15, 0.2) is 33.2 Å². The fourth-order valence-corrected chi connectivity index (χ4v) is 3.02. The van der Waals surface area contributed by atoms with Gasteiger partial charge in [0.1, 0.15) is 12.4 Å². The largest absolute Gasteiger partial charge is 0.487 e. The summed E-state index contributed by atoms with van der Waals surface area (Å²) in [5, 5.41) is 8.68. The van der Waals surface area contributed by atoms with Crippen molar-refractivity contribution in [3.63, 3.8) is 0 Å². The van der Waals surface area contributed by atoms with Gasteiger partial charge in [-0.2, -0.15) is 0 Å². The summed E-state index contributed by atoms with van der Waals surface area (Å²) < 4.78 is 7.31. The van der Waals surface area contributed by atoms with E-state index in [4.69, 9.17) is 9.84 Å². The summed E-state index contributed by atoms with van der Waals surface area (Å²) in [7, 11) is 0. The monoisotopic (exact) mass is 390 g/mol. The first-order chi connectivity index (χ1) is 9.04.